The van der Waals surface area contributed by atoms with Crippen LogP contribution in [0.2, 0.25) is 0 Å². The van der Waals surface area contributed by atoms with Crippen LogP contribution in [0.1, 0.15) is 26.0 Å². The van der Waals surface area contributed by atoms with Gasteiger partial charge in [-0.3, -0.25) is 0 Å². The molecule has 0 aliphatic heterocycles. The van der Waals surface area contributed by atoms with Crippen molar-refractivity contribution < 1.29 is 5.11 Å². The van der Waals surface area contributed by atoms with Crippen LogP contribution in [-0.2, 0) is 6.42 Å². The summed E-state index contributed by atoms with van der Waals surface area (Å²) >= 11 is 0.806. The summed E-state index contributed by atoms with van der Waals surface area (Å²) in [5, 5.41) is 8.51. The Hall–Kier alpha value is 0.0921. The molecule has 1 aromatic rings. The molecule has 1 heterocycles. The molecule has 12 heavy (non-hydrogen) atoms. The first-order valence-corrected chi connectivity index (χ1v) is 6.22. The summed E-state index contributed by atoms with van der Waals surface area (Å²) in [6, 6.07) is 0. The van der Waals surface area contributed by atoms with Crippen LogP contribution in [0.3, 0.4) is 0 Å². The number of hydrogen-bond donors (Lipinski definition) is 1. The molecule has 0 saturated carbocycles. The van der Waals surface area contributed by atoms with E-state index >= 15 is 0 Å². The third-order valence-corrected chi connectivity index (χ3v) is 2.34. The van der Waals surface area contributed by atoms with Crippen LogP contribution in [0.25, 0.3) is 0 Å². The molecule has 4 heteroatoms. The van der Waals surface area contributed by atoms with E-state index in [4.69, 9.17) is 5.11 Å². The molecule has 0 radical (unpaired) electrons. The van der Waals surface area contributed by atoms with Crippen molar-refractivity contribution in [2.45, 2.75) is 26.7 Å². The van der Waals surface area contributed by atoms with Crippen molar-refractivity contribution in [3.63, 3.8) is 0 Å². The van der Waals surface area contributed by atoms with E-state index in [1.54, 1.807) is 0 Å². The second-order valence-electron chi connectivity index (χ2n) is 2.14. The van der Waals surface area contributed by atoms with Gasteiger partial charge in [0.05, 0.1) is 0 Å². The van der Waals surface area contributed by atoms with Gasteiger partial charge in [-0.25, -0.2) is 0 Å². The van der Waals surface area contributed by atoms with E-state index in [-0.39, 0.29) is 6.61 Å². The van der Waals surface area contributed by atoms with Crippen molar-refractivity contribution in [1.29, 1.82) is 0 Å². The number of aromatic nitrogens is 2. The van der Waals surface area contributed by atoms with E-state index in [2.05, 4.69) is 7.36 Å². The second kappa shape index (κ2) is 7.73. The molecule has 66 valence electrons. The van der Waals surface area contributed by atoms with Crippen molar-refractivity contribution in [3.05, 3.63) is 18.2 Å². The van der Waals surface area contributed by atoms with Gasteiger partial charge in [-0.1, -0.05) is 13.8 Å². The van der Waals surface area contributed by atoms with E-state index in [0.29, 0.717) is 0 Å². The topological polar surface area (TPSA) is 38.0 Å². The van der Waals surface area contributed by atoms with E-state index in [9.17, 15) is 0 Å². The summed E-state index contributed by atoms with van der Waals surface area (Å²) in [6.45, 7) is 4.26. The molecule has 1 rings (SSSR count). The van der Waals surface area contributed by atoms with Crippen LogP contribution in [0.5, 0.6) is 0 Å². The summed E-state index contributed by atoms with van der Waals surface area (Å²) in [5.74, 6) is 0. The average Bonchev–Trinajstić information content (AvgIpc) is 2.51. The summed E-state index contributed by atoms with van der Waals surface area (Å²) < 4.78 is 2.08. The molecule has 1 aromatic heterocycles. The van der Waals surface area contributed by atoms with Crippen LogP contribution in [-0.4, -0.2) is 45.1 Å². The zero-order chi connectivity index (χ0) is 9.40. The fourth-order valence-electron chi connectivity index (χ4n) is 0.769. The normalized spacial score (nSPS) is 8.83. The summed E-state index contributed by atoms with van der Waals surface area (Å²) in [6.07, 6.45) is 5.61. The van der Waals surface area contributed by atoms with Crippen LogP contribution in [0.4, 0.5) is 0 Å². The number of aryl methyl sites for hydroxylation is 1. The first-order chi connectivity index (χ1) is 5.83. The molecule has 1 N–H and O–H groups in total. The third-order valence-electron chi connectivity index (χ3n) is 1.25. The van der Waals surface area contributed by atoms with Crippen LogP contribution in [0.15, 0.2) is 12.5 Å². The number of hydrogen-bond acceptors (Lipinski definition) is 2. The molecular weight excluding hydrogens is 344 g/mol. The molecular formula is C8H15N2OTl. The molecule has 0 spiro atoms. The van der Waals surface area contributed by atoms with Gasteiger partial charge in [0.1, 0.15) is 0 Å². The molecule has 3 nitrogen and oxygen atoms in total. The number of aliphatic hydroxyl groups is 1. The Kier molecular flexibility index (Phi) is 7.79. The monoisotopic (exact) mass is 360 g/mol. The summed E-state index contributed by atoms with van der Waals surface area (Å²) in [4.78, 5) is 4.15. The predicted octanol–water partition coefficient (Wildman–Crippen LogP) is 0.766. The van der Waals surface area contributed by atoms with Crippen LogP contribution >= 0.6 is 0 Å². The van der Waals surface area contributed by atoms with Crippen LogP contribution in [0, 0.1) is 0 Å². The molecule has 0 saturated heterocycles. The van der Waals surface area contributed by atoms with Crippen molar-refractivity contribution in [1.82, 2.24) is 7.36 Å². The minimum atomic E-state index is 0.260. The van der Waals surface area contributed by atoms with Crippen molar-refractivity contribution in [2.24, 2.45) is 0 Å². The molecule has 0 aliphatic carbocycles. The zero-order valence-electron chi connectivity index (χ0n) is 7.70. The van der Waals surface area contributed by atoms with Gasteiger partial charge in [0.15, 0.2) is 0 Å². The fraction of sp³-hybridized carbons (Fsp3) is 0.625. The molecule has 0 unspecified atom stereocenters. The van der Waals surface area contributed by atoms with Crippen molar-refractivity contribution in [2.75, 3.05) is 6.61 Å². The summed E-state index contributed by atoms with van der Waals surface area (Å²) in [7, 11) is 0. The zero-order valence-corrected chi connectivity index (χ0v) is 12.2. The SMILES string of the molecule is CC.OCCCc1c[n]([Tl])cn1. The van der Waals surface area contributed by atoms with Crippen LogP contribution < -0.4 is 0 Å². The fourth-order valence-corrected chi connectivity index (χ4v) is 1.70. The van der Waals surface area contributed by atoms with Gasteiger partial charge in [-0.05, 0) is 0 Å². The molecule has 0 bridgehead atoms. The molecule has 0 aliphatic rings. The molecule has 0 atom stereocenters. The van der Waals surface area contributed by atoms with Gasteiger partial charge >= 0.3 is 76.2 Å². The van der Waals surface area contributed by atoms with Gasteiger partial charge in [0.25, 0.3) is 0 Å². The number of aliphatic hydroxyl groups excluding tert-OH is 1. The number of imidazole rings is 1. The number of rotatable bonds is 3. The maximum absolute atomic E-state index is 8.51. The van der Waals surface area contributed by atoms with E-state index < -0.39 is 0 Å². The van der Waals surface area contributed by atoms with E-state index in [1.165, 1.54) is 0 Å². The van der Waals surface area contributed by atoms with Crippen molar-refractivity contribution in [3.8, 4) is 0 Å². The Balaban J connectivity index is 0.000000561. The quantitative estimate of drug-likeness (QED) is 0.810. The third kappa shape index (κ3) is 4.87. The van der Waals surface area contributed by atoms with Gasteiger partial charge in [-0.2, -0.15) is 0 Å². The standard InChI is InChI=1S/C6H9N2O.C2H6.Tl/c9-3-1-2-6-4-7-5-8-6;1-2;/h4-5,9H,1-3H2;1-2H3;/q-1;;+1. The van der Waals surface area contributed by atoms with Gasteiger partial charge in [0.2, 0.25) is 0 Å². The average molecular weight is 360 g/mol. The minimum absolute atomic E-state index is 0.260. The van der Waals surface area contributed by atoms with Gasteiger partial charge in [-0.15, -0.1) is 0 Å². The van der Waals surface area contributed by atoms with E-state index in [1.807, 2.05) is 26.4 Å². The maximum atomic E-state index is 8.51. The molecule has 0 amide bonds. The van der Waals surface area contributed by atoms with Gasteiger partial charge < -0.3 is 0 Å². The predicted molar refractivity (Wildman–Crippen MR) is 50.1 cm³/mol. The van der Waals surface area contributed by atoms with E-state index in [0.717, 1.165) is 44.6 Å². The number of nitrogens with zero attached hydrogens (tertiary/aromatic N) is 2. The Bertz CT molecular complexity index is 201. The Morgan fingerprint density at radius 1 is 1.58 bits per heavy atom. The molecule has 0 fully saturated rings. The summed E-state index contributed by atoms with van der Waals surface area (Å²) in [5.41, 5.74) is 1.09. The van der Waals surface area contributed by atoms with Gasteiger partial charge in [0, 0.05) is 0 Å². The van der Waals surface area contributed by atoms with Crippen molar-refractivity contribution >= 4 is 26.1 Å². The Labute approximate surface area is 89.9 Å². The first-order valence-electron chi connectivity index (χ1n) is 4.21. The first kappa shape index (κ1) is 12.1. The Morgan fingerprint density at radius 2 is 2.25 bits per heavy atom. The molecule has 0 aromatic carbocycles. The second-order valence-corrected chi connectivity index (χ2v) is 4.46. The Morgan fingerprint density at radius 3 is 2.67 bits per heavy atom.